The summed E-state index contributed by atoms with van der Waals surface area (Å²) < 4.78 is 19.4. The van der Waals surface area contributed by atoms with Gasteiger partial charge in [-0.05, 0) is 88.5 Å². The first kappa shape index (κ1) is 21.6. The molecule has 0 aromatic heterocycles. The highest BCUT2D eigenvalue weighted by atomic mass is 19.1. The molecule has 31 heavy (non-hydrogen) atoms. The van der Waals surface area contributed by atoms with Crippen LogP contribution < -0.4 is 10.7 Å². The zero-order chi connectivity index (χ0) is 22.0. The molecule has 168 valence electrons. The van der Waals surface area contributed by atoms with Crippen LogP contribution in [0.5, 0.6) is 0 Å². The fraction of sp³-hybridized carbons (Fsp3) is 0.609. The number of carbonyl (C=O) groups excluding carboxylic acids is 2. The van der Waals surface area contributed by atoms with Crippen LogP contribution in [0.15, 0.2) is 23.3 Å². The molecule has 2 N–H and O–H groups in total. The lowest BCUT2D eigenvalue weighted by molar-refractivity contribution is 0.0155. The number of benzene rings is 1. The topological polar surface area (TPSA) is 83.0 Å². The Balaban J connectivity index is 1.40. The van der Waals surface area contributed by atoms with E-state index in [9.17, 15) is 14.0 Å². The van der Waals surface area contributed by atoms with E-state index in [1.54, 1.807) is 6.07 Å². The Morgan fingerprint density at radius 3 is 2.74 bits per heavy atom. The van der Waals surface area contributed by atoms with Crippen LogP contribution in [-0.2, 0) is 4.74 Å². The van der Waals surface area contributed by atoms with Gasteiger partial charge in [0.1, 0.15) is 11.5 Å². The molecule has 2 heterocycles. The summed E-state index contributed by atoms with van der Waals surface area (Å²) in [6, 6.07) is 4.71. The van der Waals surface area contributed by atoms with Crippen molar-refractivity contribution in [1.29, 1.82) is 0 Å². The minimum absolute atomic E-state index is 0.0331. The molecule has 1 aromatic rings. The number of rotatable bonds is 4. The third-order valence-corrected chi connectivity index (χ3v) is 6.79. The van der Waals surface area contributed by atoms with Gasteiger partial charge in [-0.3, -0.25) is 0 Å². The van der Waals surface area contributed by atoms with Crippen LogP contribution in [0.2, 0.25) is 0 Å². The Kier molecular flexibility index (Phi) is 6.16. The first-order valence-electron chi connectivity index (χ1n) is 11.3. The van der Waals surface area contributed by atoms with Gasteiger partial charge < -0.3 is 15.0 Å². The van der Waals surface area contributed by atoms with E-state index in [-0.39, 0.29) is 17.9 Å². The number of halogens is 1. The number of amides is 3. The summed E-state index contributed by atoms with van der Waals surface area (Å²) in [7, 11) is 0. The summed E-state index contributed by atoms with van der Waals surface area (Å²) in [4.78, 5) is 26.2. The van der Waals surface area contributed by atoms with Gasteiger partial charge in [0.15, 0.2) is 5.60 Å². The lowest BCUT2D eigenvalue weighted by atomic mass is 9.72. The molecule has 3 aliphatic rings. The summed E-state index contributed by atoms with van der Waals surface area (Å²) in [6.45, 7) is 5.57. The van der Waals surface area contributed by atoms with Crippen LogP contribution in [0, 0.1) is 18.7 Å². The van der Waals surface area contributed by atoms with Crippen molar-refractivity contribution in [2.24, 2.45) is 11.0 Å². The number of hydrogen-bond donors (Lipinski definition) is 2. The number of hydrogen-bond acceptors (Lipinski definition) is 4. The molecule has 8 heteroatoms. The van der Waals surface area contributed by atoms with Gasteiger partial charge in [-0.15, -0.1) is 0 Å². The number of carbonyl (C=O) groups is 2. The smallest absolute Gasteiger partial charge is 0.428 e. The summed E-state index contributed by atoms with van der Waals surface area (Å²) in [6.07, 6.45) is 5.57. The molecular formula is C23H31FN4O3. The summed E-state index contributed by atoms with van der Waals surface area (Å²) in [5, 5.41) is 7.45. The molecule has 1 spiro atoms. The van der Waals surface area contributed by atoms with E-state index in [0.717, 1.165) is 56.3 Å². The monoisotopic (exact) mass is 430 g/mol. The molecular weight excluding hydrogens is 399 g/mol. The number of hydrazone groups is 1. The van der Waals surface area contributed by atoms with Gasteiger partial charge in [-0.1, -0.05) is 0 Å². The third kappa shape index (κ3) is 4.67. The minimum Gasteiger partial charge on any atom is -0.435 e. The Morgan fingerprint density at radius 1 is 1.35 bits per heavy atom. The van der Waals surface area contributed by atoms with Gasteiger partial charge in [-0.25, -0.2) is 19.4 Å². The molecule has 3 amide bonds. The van der Waals surface area contributed by atoms with Crippen molar-refractivity contribution in [1.82, 2.24) is 15.6 Å². The average Bonchev–Trinajstić information content (AvgIpc) is 3.26. The van der Waals surface area contributed by atoms with Crippen molar-refractivity contribution in [3.63, 3.8) is 0 Å². The van der Waals surface area contributed by atoms with Gasteiger partial charge >= 0.3 is 12.1 Å². The zero-order valence-corrected chi connectivity index (χ0v) is 18.2. The molecule has 2 fully saturated rings. The summed E-state index contributed by atoms with van der Waals surface area (Å²) >= 11 is 0. The molecule has 0 unspecified atom stereocenters. The van der Waals surface area contributed by atoms with Crippen LogP contribution in [0.3, 0.4) is 0 Å². The highest BCUT2D eigenvalue weighted by molar-refractivity contribution is 6.09. The maximum atomic E-state index is 13.6. The SMILES string of the molecule is Cc1cc(F)ccc1C1=NNC(=O)OC12CCC(C[C@H](C)NC(=O)N1CCCC1)CC2. The number of nitrogens with zero attached hydrogens (tertiary/aromatic N) is 2. The van der Waals surface area contributed by atoms with Gasteiger partial charge in [0, 0.05) is 24.7 Å². The van der Waals surface area contributed by atoms with Crippen LogP contribution in [0.4, 0.5) is 14.0 Å². The Morgan fingerprint density at radius 2 is 2.06 bits per heavy atom. The van der Waals surface area contributed by atoms with Crippen LogP contribution in [0.1, 0.15) is 63.0 Å². The molecule has 1 atom stereocenters. The largest absolute Gasteiger partial charge is 0.435 e. The van der Waals surface area contributed by atoms with Crippen molar-refractivity contribution < 1.29 is 18.7 Å². The van der Waals surface area contributed by atoms with Crippen molar-refractivity contribution in [2.45, 2.75) is 70.4 Å². The predicted octanol–water partition coefficient (Wildman–Crippen LogP) is 4.09. The number of nitrogens with one attached hydrogen (secondary N) is 2. The quantitative estimate of drug-likeness (QED) is 0.755. The van der Waals surface area contributed by atoms with Crippen LogP contribution in [-0.4, -0.2) is 47.5 Å². The molecule has 1 saturated heterocycles. The molecule has 2 aliphatic heterocycles. The average molecular weight is 431 g/mol. The van der Waals surface area contributed by atoms with Crippen molar-refractivity contribution >= 4 is 17.8 Å². The molecule has 1 saturated carbocycles. The fourth-order valence-corrected chi connectivity index (χ4v) is 5.15. The number of urea groups is 1. The standard InChI is InChI=1S/C23H31FN4O3/c1-15-13-18(24)5-6-19(15)20-23(31-22(30)27-26-20)9-7-17(8-10-23)14-16(2)25-21(29)28-11-3-4-12-28/h5-6,13,16-17H,3-4,7-12,14H2,1-2H3,(H,25,29)(H,27,30)/t16-,17?,23?/m0/s1. The molecule has 0 bridgehead atoms. The van der Waals surface area contributed by atoms with Crippen molar-refractivity contribution in [3.8, 4) is 0 Å². The number of likely N-dealkylation sites (tertiary alicyclic amines) is 1. The second kappa shape index (κ2) is 8.85. The highest BCUT2D eigenvalue weighted by Gasteiger charge is 2.46. The van der Waals surface area contributed by atoms with Gasteiger partial charge in [-0.2, -0.15) is 5.10 Å². The molecule has 7 nitrogen and oxygen atoms in total. The predicted molar refractivity (Wildman–Crippen MR) is 115 cm³/mol. The lowest BCUT2D eigenvalue weighted by Crippen LogP contribution is -2.52. The second-order valence-electron chi connectivity index (χ2n) is 9.14. The van der Waals surface area contributed by atoms with E-state index in [0.29, 0.717) is 24.5 Å². The highest BCUT2D eigenvalue weighted by Crippen LogP contribution is 2.41. The Bertz CT molecular complexity index is 874. The first-order chi connectivity index (χ1) is 14.9. The van der Waals surface area contributed by atoms with E-state index < -0.39 is 11.7 Å². The van der Waals surface area contributed by atoms with E-state index in [1.165, 1.54) is 12.1 Å². The zero-order valence-electron chi connectivity index (χ0n) is 18.2. The van der Waals surface area contributed by atoms with Gasteiger partial charge in [0.05, 0.1) is 0 Å². The van der Waals surface area contributed by atoms with Crippen molar-refractivity contribution in [2.75, 3.05) is 13.1 Å². The maximum Gasteiger partial charge on any atom is 0.428 e. The van der Waals surface area contributed by atoms with E-state index in [4.69, 9.17) is 4.74 Å². The summed E-state index contributed by atoms with van der Waals surface area (Å²) in [5.41, 5.74) is 3.85. The molecule has 0 radical (unpaired) electrons. The maximum absolute atomic E-state index is 13.6. The molecule has 1 aromatic carbocycles. The van der Waals surface area contributed by atoms with E-state index in [1.807, 2.05) is 11.8 Å². The van der Waals surface area contributed by atoms with Crippen molar-refractivity contribution in [3.05, 3.63) is 35.1 Å². The van der Waals surface area contributed by atoms with Crippen LogP contribution in [0.25, 0.3) is 0 Å². The number of aryl methyl sites for hydroxylation is 1. The fourth-order valence-electron chi connectivity index (χ4n) is 5.15. The lowest BCUT2D eigenvalue weighted by Gasteiger charge is -2.42. The third-order valence-electron chi connectivity index (χ3n) is 6.79. The van der Waals surface area contributed by atoms with Crippen LogP contribution >= 0.6 is 0 Å². The Labute approximate surface area is 182 Å². The normalized spacial score (nSPS) is 26.8. The van der Waals surface area contributed by atoms with E-state index >= 15 is 0 Å². The molecule has 4 rings (SSSR count). The summed E-state index contributed by atoms with van der Waals surface area (Å²) in [5.74, 6) is 0.133. The van der Waals surface area contributed by atoms with Gasteiger partial charge in [0.25, 0.3) is 0 Å². The molecule has 1 aliphatic carbocycles. The second-order valence-corrected chi connectivity index (χ2v) is 9.14. The first-order valence-corrected chi connectivity index (χ1v) is 11.3. The van der Waals surface area contributed by atoms with Gasteiger partial charge in [0.2, 0.25) is 0 Å². The minimum atomic E-state index is -0.788. The Hall–Kier alpha value is -2.64. The van der Waals surface area contributed by atoms with E-state index in [2.05, 4.69) is 22.8 Å². The number of ether oxygens (including phenoxy) is 1.